The molecule has 0 amide bonds. The first kappa shape index (κ1) is 9.95. The van der Waals surface area contributed by atoms with Crippen molar-refractivity contribution in [3.05, 3.63) is 18.1 Å². The van der Waals surface area contributed by atoms with E-state index >= 15 is 0 Å². The second kappa shape index (κ2) is 3.72. The zero-order valence-electron chi connectivity index (χ0n) is 7.40. The highest BCUT2D eigenvalue weighted by molar-refractivity contribution is 6.58. The molecule has 0 bridgehead atoms. The van der Waals surface area contributed by atoms with Gasteiger partial charge in [-0.05, 0) is 0 Å². The average Bonchev–Trinajstić information content (AvgIpc) is 2.03. The smallest absolute Gasteiger partial charge is 0.423 e. The molecule has 0 aromatic carbocycles. The maximum atomic E-state index is 13.1. The summed E-state index contributed by atoms with van der Waals surface area (Å²) >= 11 is 0. The topological polar surface area (TPSA) is 56.6 Å². The molecule has 0 spiro atoms. The summed E-state index contributed by atoms with van der Waals surface area (Å²) in [5.41, 5.74) is -0.217. The van der Waals surface area contributed by atoms with Crippen molar-refractivity contribution >= 4 is 18.4 Å². The Morgan fingerprint density at radius 2 is 2.08 bits per heavy atom. The van der Waals surface area contributed by atoms with Crippen LogP contribution in [0.5, 0.6) is 0 Å². The van der Waals surface area contributed by atoms with Crippen LogP contribution in [0.25, 0.3) is 0 Å². The summed E-state index contributed by atoms with van der Waals surface area (Å²) in [4.78, 5) is 5.45. The molecular formula is C7H10BFN2O2. The predicted molar refractivity (Wildman–Crippen MR) is 48.3 cm³/mol. The van der Waals surface area contributed by atoms with E-state index in [1.54, 1.807) is 19.0 Å². The Kier molecular flexibility index (Phi) is 2.85. The second-order valence-corrected chi connectivity index (χ2v) is 2.83. The fraction of sp³-hybridized carbons (Fsp3) is 0.286. The van der Waals surface area contributed by atoms with E-state index in [4.69, 9.17) is 10.0 Å². The molecule has 1 aromatic heterocycles. The van der Waals surface area contributed by atoms with Gasteiger partial charge < -0.3 is 14.9 Å². The van der Waals surface area contributed by atoms with Crippen molar-refractivity contribution in [1.29, 1.82) is 0 Å². The Balaban J connectivity index is 3.06. The van der Waals surface area contributed by atoms with Crippen molar-refractivity contribution < 1.29 is 14.4 Å². The molecule has 0 unspecified atom stereocenters. The summed E-state index contributed by atoms with van der Waals surface area (Å²) in [7, 11) is 1.62. The minimum Gasteiger partial charge on any atom is -0.423 e. The lowest BCUT2D eigenvalue weighted by molar-refractivity contribution is 0.423. The molecule has 4 nitrogen and oxygen atoms in total. The third kappa shape index (κ3) is 2.16. The highest BCUT2D eigenvalue weighted by Crippen LogP contribution is 2.06. The molecule has 0 aliphatic rings. The van der Waals surface area contributed by atoms with Crippen molar-refractivity contribution in [1.82, 2.24) is 4.98 Å². The van der Waals surface area contributed by atoms with Crippen LogP contribution in [-0.2, 0) is 0 Å². The Labute approximate surface area is 75.8 Å². The lowest BCUT2D eigenvalue weighted by Crippen LogP contribution is -2.33. The van der Waals surface area contributed by atoms with Gasteiger partial charge in [0.15, 0.2) is 0 Å². The highest BCUT2D eigenvalue weighted by Gasteiger charge is 2.17. The first-order valence-corrected chi connectivity index (χ1v) is 3.71. The molecule has 0 radical (unpaired) electrons. The molecule has 13 heavy (non-hydrogen) atoms. The quantitative estimate of drug-likeness (QED) is 0.576. The molecule has 0 saturated carbocycles. The van der Waals surface area contributed by atoms with Gasteiger partial charge in [0.05, 0.1) is 0 Å². The third-order valence-corrected chi connectivity index (χ3v) is 1.60. The van der Waals surface area contributed by atoms with Crippen molar-refractivity contribution in [3.8, 4) is 0 Å². The van der Waals surface area contributed by atoms with Crippen molar-refractivity contribution in [2.24, 2.45) is 0 Å². The zero-order chi connectivity index (χ0) is 10.0. The molecule has 0 aliphatic carbocycles. The van der Waals surface area contributed by atoms with Crippen molar-refractivity contribution in [2.75, 3.05) is 19.0 Å². The number of halogens is 1. The molecule has 0 aliphatic heterocycles. The van der Waals surface area contributed by atoms with Crippen LogP contribution in [0.2, 0.25) is 0 Å². The van der Waals surface area contributed by atoms with E-state index < -0.39 is 12.9 Å². The first-order valence-electron chi connectivity index (χ1n) is 3.71. The summed E-state index contributed by atoms with van der Waals surface area (Å²) in [5.74, 6) is -0.240. The minimum atomic E-state index is -1.82. The van der Waals surface area contributed by atoms with Gasteiger partial charge in [-0.25, -0.2) is 9.37 Å². The van der Waals surface area contributed by atoms with Gasteiger partial charge in [0.2, 0.25) is 0 Å². The van der Waals surface area contributed by atoms with Gasteiger partial charge in [-0.15, -0.1) is 0 Å². The molecule has 70 valence electrons. The first-order chi connectivity index (χ1) is 6.02. The van der Waals surface area contributed by atoms with E-state index in [1.807, 2.05) is 0 Å². The van der Waals surface area contributed by atoms with E-state index in [0.29, 0.717) is 5.82 Å². The van der Waals surface area contributed by atoms with Crippen LogP contribution in [0.1, 0.15) is 0 Å². The molecule has 0 fully saturated rings. The average molecular weight is 184 g/mol. The van der Waals surface area contributed by atoms with Crippen LogP contribution in [-0.4, -0.2) is 36.2 Å². The predicted octanol–water partition coefficient (Wildman–Crippen LogP) is -1.03. The van der Waals surface area contributed by atoms with Crippen molar-refractivity contribution in [3.63, 3.8) is 0 Å². The number of aromatic nitrogens is 1. The van der Waals surface area contributed by atoms with E-state index in [1.165, 1.54) is 0 Å². The van der Waals surface area contributed by atoms with E-state index in [0.717, 1.165) is 12.3 Å². The number of hydrogen-bond acceptors (Lipinski definition) is 4. The molecule has 1 heterocycles. The third-order valence-electron chi connectivity index (χ3n) is 1.60. The molecule has 6 heteroatoms. The Morgan fingerprint density at radius 1 is 1.46 bits per heavy atom. The number of anilines is 1. The van der Waals surface area contributed by atoms with Gasteiger partial charge in [-0.1, -0.05) is 0 Å². The second-order valence-electron chi connectivity index (χ2n) is 2.83. The lowest BCUT2D eigenvalue weighted by atomic mass is 9.81. The highest BCUT2D eigenvalue weighted by atomic mass is 19.1. The van der Waals surface area contributed by atoms with Crippen LogP contribution >= 0.6 is 0 Å². The largest absolute Gasteiger partial charge is 0.493 e. The molecule has 1 aromatic rings. The van der Waals surface area contributed by atoms with E-state index in [9.17, 15) is 4.39 Å². The number of nitrogens with zero attached hydrogens (tertiary/aromatic N) is 2. The van der Waals surface area contributed by atoms with Crippen LogP contribution < -0.4 is 10.4 Å². The van der Waals surface area contributed by atoms with Crippen LogP contribution in [0.15, 0.2) is 12.3 Å². The van der Waals surface area contributed by atoms with Gasteiger partial charge in [0.1, 0.15) is 11.6 Å². The van der Waals surface area contributed by atoms with Gasteiger partial charge in [-0.2, -0.15) is 0 Å². The fourth-order valence-electron chi connectivity index (χ4n) is 0.866. The zero-order valence-corrected chi connectivity index (χ0v) is 7.40. The van der Waals surface area contributed by atoms with Crippen LogP contribution in [0.3, 0.4) is 0 Å². The monoisotopic (exact) mass is 184 g/mol. The summed E-state index contributed by atoms with van der Waals surface area (Å²) in [5, 5.41) is 17.4. The van der Waals surface area contributed by atoms with Gasteiger partial charge in [0, 0.05) is 31.8 Å². The summed E-state index contributed by atoms with van der Waals surface area (Å²) in [6.07, 6.45) is 1.11. The number of pyridine rings is 1. The van der Waals surface area contributed by atoms with E-state index in [2.05, 4.69) is 4.98 Å². The van der Waals surface area contributed by atoms with Gasteiger partial charge in [0.25, 0.3) is 0 Å². The minimum absolute atomic E-state index is 0.217. The maximum absolute atomic E-state index is 13.1. The SMILES string of the molecule is CN(C)c1cc(F)c(B(O)O)cn1. The lowest BCUT2D eigenvalue weighted by Gasteiger charge is -2.11. The fourth-order valence-corrected chi connectivity index (χ4v) is 0.866. The standard InChI is InChI=1S/C7H10BFN2O2/c1-11(2)7-3-6(9)5(4-10-7)8(12)13/h3-4,12-13H,1-2H3. The number of hydrogen-bond donors (Lipinski definition) is 2. The van der Waals surface area contributed by atoms with Crippen LogP contribution in [0, 0.1) is 5.82 Å². The van der Waals surface area contributed by atoms with Crippen molar-refractivity contribution in [2.45, 2.75) is 0 Å². The summed E-state index contributed by atoms with van der Waals surface area (Å²) < 4.78 is 13.1. The molecular weight excluding hydrogens is 174 g/mol. The summed E-state index contributed by atoms with van der Waals surface area (Å²) in [6, 6.07) is 1.15. The molecule has 1 rings (SSSR count). The molecule has 0 saturated heterocycles. The molecule has 0 atom stereocenters. The van der Waals surface area contributed by atoms with Gasteiger partial charge in [-0.3, -0.25) is 0 Å². The van der Waals surface area contributed by atoms with Gasteiger partial charge >= 0.3 is 7.12 Å². The Hall–Kier alpha value is -1.14. The Bertz CT molecular complexity index is 307. The molecule has 2 N–H and O–H groups in total. The number of rotatable bonds is 2. The summed E-state index contributed by atoms with van der Waals surface area (Å²) in [6.45, 7) is 0. The van der Waals surface area contributed by atoms with Crippen LogP contribution in [0.4, 0.5) is 10.2 Å². The maximum Gasteiger partial charge on any atom is 0.493 e. The Morgan fingerprint density at radius 3 is 2.46 bits per heavy atom. The van der Waals surface area contributed by atoms with E-state index in [-0.39, 0.29) is 5.46 Å². The normalized spacial score (nSPS) is 9.92.